The Hall–Kier alpha value is -0.350. The van der Waals surface area contributed by atoms with E-state index in [4.69, 9.17) is 0 Å². The van der Waals surface area contributed by atoms with E-state index in [0.717, 1.165) is 28.8 Å². The minimum atomic E-state index is 0.410. The molecule has 3 nitrogen and oxygen atoms in total. The van der Waals surface area contributed by atoms with Gasteiger partial charge in [0.2, 0.25) is 0 Å². The second kappa shape index (κ2) is 6.41. The molecule has 2 bridgehead atoms. The van der Waals surface area contributed by atoms with Gasteiger partial charge in [0.05, 0.1) is 22.4 Å². The van der Waals surface area contributed by atoms with Crippen LogP contribution in [0, 0.1) is 17.8 Å². The van der Waals surface area contributed by atoms with E-state index in [1.807, 2.05) is 6.20 Å². The van der Waals surface area contributed by atoms with Crippen molar-refractivity contribution >= 4 is 15.9 Å². The number of nitrogens with zero attached hydrogens (tertiary/aromatic N) is 2. The van der Waals surface area contributed by atoms with Gasteiger partial charge < -0.3 is 5.32 Å². The Labute approximate surface area is 137 Å². The van der Waals surface area contributed by atoms with Crippen LogP contribution in [0.25, 0.3) is 0 Å². The summed E-state index contributed by atoms with van der Waals surface area (Å²) < 4.78 is 3.34. The number of fused-ring (bicyclic) bond motifs is 2. The van der Waals surface area contributed by atoms with E-state index < -0.39 is 0 Å². The van der Waals surface area contributed by atoms with Gasteiger partial charge in [-0.2, -0.15) is 5.10 Å². The molecule has 1 aromatic heterocycles. The largest absolute Gasteiger partial charge is 0.309 e. The van der Waals surface area contributed by atoms with Gasteiger partial charge in [0, 0.05) is 6.04 Å². The smallest absolute Gasteiger partial charge is 0.0698 e. The van der Waals surface area contributed by atoms with Gasteiger partial charge in [-0.15, -0.1) is 0 Å². The number of nitrogens with one attached hydrogen (secondary N) is 1. The van der Waals surface area contributed by atoms with Crippen LogP contribution in [0.1, 0.15) is 70.7 Å². The van der Waals surface area contributed by atoms with Crippen molar-refractivity contribution in [3.05, 3.63) is 16.4 Å². The average molecular weight is 354 g/mol. The molecule has 1 N–H and O–H groups in total. The maximum atomic E-state index is 4.57. The van der Waals surface area contributed by atoms with Gasteiger partial charge in [-0.05, 0) is 79.8 Å². The second-order valence-electron chi connectivity index (χ2n) is 7.20. The van der Waals surface area contributed by atoms with E-state index in [2.05, 4.69) is 51.8 Å². The lowest BCUT2D eigenvalue weighted by Crippen LogP contribution is -2.28. The molecule has 118 valence electrons. The summed E-state index contributed by atoms with van der Waals surface area (Å²) in [6, 6.07) is 0.839. The van der Waals surface area contributed by atoms with Gasteiger partial charge in [0.15, 0.2) is 0 Å². The lowest BCUT2D eigenvalue weighted by atomic mass is 9.83. The highest BCUT2D eigenvalue weighted by molar-refractivity contribution is 9.10. The van der Waals surface area contributed by atoms with Gasteiger partial charge in [-0.25, -0.2) is 0 Å². The number of hydrogen-bond donors (Lipinski definition) is 1. The maximum Gasteiger partial charge on any atom is 0.0698 e. The number of hydrogen-bond acceptors (Lipinski definition) is 2. The summed E-state index contributed by atoms with van der Waals surface area (Å²) >= 11 is 3.72. The molecule has 2 aliphatic rings. The molecule has 3 rings (SSSR count). The van der Waals surface area contributed by atoms with Crippen molar-refractivity contribution in [2.24, 2.45) is 17.8 Å². The topological polar surface area (TPSA) is 29.9 Å². The van der Waals surface area contributed by atoms with Crippen LogP contribution in [0.4, 0.5) is 0 Å². The van der Waals surface area contributed by atoms with Gasteiger partial charge in [-0.3, -0.25) is 4.68 Å². The molecular weight excluding hydrogens is 326 g/mol. The Morgan fingerprint density at radius 2 is 2.19 bits per heavy atom. The summed E-state index contributed by atoms with van der Waals surface area (Å²) in [7, 11) is 0. The number of halogens is 1. The Bertz CT molecular complexity index is 482. The Morgan fingerprint density at radius 3 is 2.76 bits per heavy atom. The zero-order valence-corrected chi connectivity index (χ0v) is 15.1. The van der Waals surface area contributed by atoms with Crippen LogP contribution in [0.15, 0.2) is 10.7 Å². The first-order valence-corrected chi connectivity index (χ1v) is 9.35. The second-order valence-corrected chi connectivity index (χ2v) is 8.05. The predicted octanol–water partition coefficient (Wildman–Crippen LogP) is 4.70. The summed E-state index contributed by atoms with van der Waals surface area (Å²) in [6.45, 7) is 7.64. The molecule has 4 atom stereocenters. The van der Waals surface area contributed by atoms with E-state index in [1.54, 1.807) is 0 Å². The summed E-state index contributed by atoms with van der Waals surface area (Å²) in [4.78, 5) is 0. The molecule has 0 saturated heterocycles. The van der Waals surface area contributed by atoms with E-state index in [9.17, 15) is 0 Å². The molecule has 21 heavy (non-hydrogen) atoms. The first-order chi connectivity index (χ1) is 10.1. The molecular formula is C17H28BrN3. The fraction of sp³-hybridized carbons (Fsp3) is 0.824. The fourth-order valence-electron chi connectivity index (χ4n) is 4.59. The standard InChI is InChI=1S/C17H28BrN3/c1-4-19-16(9-14-8-12-5-6-13(14)7-12)17-15(18)10-20-21(17)11(2)3/h10-14,16,19H,4-9H2,1-3H3. The van der Waals surface area contributed by atoms with Crippen LogP contribution in [0.5, 0.6) is 0 Å². The van der Waals surface area contributed by atoms with Crippen LogP contribution in [0.2, 0.25) is 0 Å². The third kappa shape index (κ3) is 3.07. The van der Waals surface area contributed by atoms with E-state index in [1.165, 1.54) is 37.8 Å². The highest BCUT2D eigenvalue weighted by Crippen LogP contribution is 2.51. The zero-order chi connectivity index (χ0) is 15.0. The van der Waals surface area contributed by atoms with Gasteiger partial charge in [0.25, 0.3) is 0 Å². The van der Waals surface area contributed by atoms with Crippen molar-refractivity contribution in [2.45, 2.75) is 65.0 Å². The first kappa shape index (κ1) is 15.5. The van der Waals surface area contributed by atoms with Crippen molar-refractivity contribution in [2.75, 3.05) is 6.54 Å². The fourth-order valence-corrected chi connectivity index (χ4v) is 5.14. The summed E-state index contributed by atoms with van der Waals surface area (Å²) in [5.41, 5.74) is 1.34. The third-order valence-corrected chi connectivity index (χ3v) is 6.09. The van der Waals surface area contributed by atoms with Crippen molar-refractivity contribution in [1.82, 2.24) is 15.1 Å². The van der Waals surface area contributed by atoms with Crippen LogP contribution in [-0.4, -0.2) is 16.3 Å². The molecule has 1 heterocycles. The minimum Gasteiger partial charge on any atom is -0.309 e. The molecule has 4 unspecified atom stereocenters. The summed E-state index contributed by atoms with van der Waals surface area (Å²) in [5.74, 6) is 2.93. The van der Waals surface area contributed by atoms with Crippen LogP contribution < -0.4 is 5.32 Å². The Morgan fingerprint density at radius 1 is 1.38 bits per heavy atom. The normalized spacial score (nSPS) is 29.5. The van der Waals surface area contributed by atoms with Crippen LogP contribution in [-0.2, 0) is 0 Å². The highest BCUT2D eigenvalue weighted by Gasteiger charge is 2.40. The molecule has 2 fully saturated rings. The van der Waals surface area contributed by atoms with Crippen LogP contribution >= 0.6 is 15.9 Å². The van der Waals surface area contributed by atoms with Crippen molar-refractivity contribution in [1.29, 1.82) is 0 Å². The van der Waals surface area contributed by atoms with E-state index in [0.29, 0.717) is 12.1 Å². The molecule has 1 aromatic rings. The molecule has 0 radical (unpaired) electrons. The molecule has 0 aliphatic heterocycles. The third-order valence-electron chi connectivity index (χ3n) is 5.48. The first-order valence-electron chi connectivity index (χ1n) is 8.56. The Balaban J connectivity index is 1.79. The van der Waals surface area contributed by atoms with E-state index in [-0.39, 0.29) is 0 Å². The number of aromatic nitrogens is 2. The Kier molecular flexibility index (Phi) is 4.75. The quantitative estimate of drug-likeness (QED) is 0.802. The minimum absolute atomic E-state index is 0.410. The lowest BCUT2D eigenvalue weighted by Gasteiger charge is -2.28. The molecule has 2 aliphatic carbocycles. The van der Waals surface area contributed by atoms with E-state index >= 15 is 0 Å². The van der Waals surface area contributed by atoms with Crippen LogP contribution in [0.3, 0.4) is 0 Å². The molecule has 4 heteroatoms. The maximum absolute atomic E-state index is 4.57. The van der Waals surface area contributed by atoms with Crippen molar-refractivity contribution in [3.63, 3.8) is 0 Å². The van der Waals surface area contributed by atoms with Crippen molar-refractivity contribution in [3.8, 4) is 0 Å². The predicted molar refractivity (Wildman–Crippen MR) is 90.3 cm³/mol. The monoisotopic (exact) mass is 353 g/mol. The lowest BCUT2D eigenvalue weighted by molar-refractivity contribution is 0.272. The van der Waals surface area contributed by atoms with Crippen molar-refractivity contribution < 1.29 is 0 Å². The SMILES string of the molecule is CCNC(CC1CC2CCC1C2)c1c(Br)cnn1C(C)C. The summed E-state index contributed by atoms with van der Waals surface area (Å²) in [6.07, 6.45) is 9.14. The highest BCUT2D eigenvalue weighted by atomic mass is 79.9. The molecule has 0 aromatic carbocycles. The molecule has 2 saturated carbocycles. The zero-order valence-electron chi connectivity index (χ0n) is 13.5. The molecule has 0 amide bonds. The molecule has 0 spiro atoms. The van der Waals surface area contributed by atoms with Gasteiger partial charge >= 0.3 is 0 Å². The number of rotatable bonds is 6. The average Bonchev–Trinajstić information content (AvgIpc) is 3.12. The van der Waals surface area contributed by atoms with Gasteiger partial charge in [-0.1, -0.05) is 13.3 Å². The summed E-state index contributed by atoms with van der Waals surface area (Å²) in [5, 5.41) is 8.29. The van der Waals surface area contributed by atoms with Gasteiger partial charge in [0.1, 0.15) is 0 Å².